The predicted molar refractivity (Wildman–Crippen MR) is 49.9 cm³/mol. The number of rotatable bonds is 3. The van der Waals surface area contributed by atoms with Crippen LogP contribution in [-0.2, 0) is 9.22 Å². The van der Waals surface area contributed by atoms with Crippen LogP contribution in [0.2, 0.25) is 13.1 Å². The third-order valence-corrected chi connectivity index (χ3v) is 2.46. The fourth-order valence-electron chi connectivity index (χ4n) is 0.509. The summed E-state index contributed by atoms with van der Waals surface area (Å²) in [5.74, 6) is -0.302. The van der Waals surface area contributed by atoms with Crippen LogP contribution in [-0.4, -0.2) is 19.3 Å². The van der Waals surface area contributed by atoms with E-state index in [9.17, 15) is 9.59 Å². The van der Waals surface area contributed by atoms with Crippen LogP contribution in [0.3, 0.4) is 0 Å². The average Bonchev–Trinajstić information content (AvgIpc) is 1.84. The largest absolute Gasteiger partial charge is 0.494 e. The highest BCUT2D eigenvalue weighted by Gasteiger charge is 2.33. The Morgan fingerprint density at radius 3 is 2.17 bits per heavy atom. The zero-order valence-electron chi connectivity index (χ0n) is 8.47. The zero-order valence-corrected chi connectivity index (χ0v) is 9.47. The molecule has 0 saturated carbocycles. The van der Waals surface area contributed by atoms with Gasteiger partial charge in [-0.05, 0) is 33.4 Å². The summed E-state index contributed by atoms with van der Waals surface area (Å²) in [6.07, 6.45) is 0.719. The van der Waals surface area contributed by atoms with Crippen LogP contribution in [0.1, 0.15) is 27.2 Å². The van der Waals surface area contributed by atoms with Crippen molar-refractivity contribution < 1.29 is 14.0 Å². The van der Waals surface area contributed by atoms with Crippen LogP contribution < -0.4 is 0 Å². The van der Waals surface area contributed by atoms with Crippen molar-refractivity contribution >= 4 is 14.5 Å². The Bertz CT molecular complexity index is 170. The second-order valence-electron chi connectivity index (χ2n) is 4.07. The van der Waals surface area contributed by atoms with Crippen molar-refractivity contribution in [3.63, 3.8) is 0 Å². The predicted octanol–water partition coefficient (Wildman–Crippen LogP) is 1.66. The molecule has 0 aliphatic rings. The van der Waals surface area contributed by atoms with Crippen LogP contribution in [0.5, 0.6) is 0 Å². The highest BCUT2D eigenvalue weighted by molar-refractivity contribution is 6.64. The maximum Gasteiger partial charge on any atom is 0.392 e. The minimum atomic E-state index is -2.70. The smallest absolute Gasteiger partial charge is 0.392 e. The maximum atomic E-state index is 11.4. The SMILES string of the molecule is CCC(C)(C)C(=O)O[Si](C)(C)O. The van der Waals surface area contributed by atoms with E-state index in [2.05, 4.69) is 0 Å². The molecule has 0 aromatic heterocycles. The van der Waals surface area contributed by atoms with Crippen molar-refractivity contribution in [1.82, 2.24) is 0 Å². The minimum absolute atomic E-state index is 0.302. The molecule has 0 fully saturated rings. The monoisotopic (exact) mass is 190 g/mol. The van der Waals surface area contributed by atoms with Crippen LogP contribution in [0.4, 0.5) is 0 Å². The van der Waals surface area contributed by atoms with Crippen LogP contribution in [0.15, 0.2) is 0 Å². The van der Waals surface area contributed by atoms with E-state index in [-0.39, 0.29) is 5.97 Å². The minimum Gasteiger partial charge on any atom is -0.494 e. The molecule has 0 unspecified atom stereocenters. The lowest BCUT2D eigenvalue weighted by Crippen LogP contribution is -2.39. The molecule has 0 bridgehead atoms. The molecular weight excluding hydrogens is 172 g/mol. The van der Waals surface area contributed by atoms with Crippen molar-refractivity contribution in [3.8, 4) is 0 Å². The van der Waals surface area contributed by atoms with Gasteiger partial charge < -0.3 is 9.22 Å². The lowest BCUT2D eigenvalue weighted by Gasteiger charge is -2.25. The summed E-state index contributed by atoms with van der Waals surface area (Å²) in [5.41, 5.74) is -0.479. The van der Waals surface area contributed by atoms with Gasteiger partial charge in [0.25, 0.3) is 5.97 Å². The number of hydrogen-bond donors (Lipinski definition) is 1. The molecule has 0 rings (SSSR count). The van der Waals surface area contributed by atoms with Crippen LogP contribution in [0.25, 0.3) is 0 Å². The highest BCUT2D eigenvalue weighted by Crippen LogP contribution is 2.22. The fraction of sp³-hybridized carbons (Fsp3) is 0.875. The van der Waals surface area contributed by atoms with E-state index in [4.69, 9.17) is 4.43 Å². The summed E-state index contributed by atoms with van der Waals surface area (Å²) in [4.78, 5) is 20.7. The van der Waals surface area contributed by atoms with Crippen molar-refractivity contribution in [2.75, 3.05) is 0 Å². The zero-order chi connectivity index (χ0) is 9.99. The van der Waals surface area contributed by atoms with Crippen LogP contribution in [0, 0.1) is 5.41 Å². The summed E-state index contributed by atoms with van der Waals surface area (Å²) in [6.45, 7) is 8.71. The van der Waals surface area contributed by atoms with Crippen molar-refractivity contribution in [2.24, 2.45) is 5.41 Å². The van der Waals surface area contributed by atoms with E-state index < -0.39 is 14.0 Å². The average molecular weight is 190 g/mol. The van der Waals surface area contributed by atoms with E-state index in [0.717, 1.165) is 6.42 Å². The summed E-state index contributed by atoms with van der Waals surface area (Å²) in [6, 6.07) is 0. The van der Waals surface area contributed by atoms with Gasteiger partial charge in [0.1, 0.15) is 0 Å². The molecule has 0 aliphatic heterocycles. The Hall–Kier alpha value is -0.353. The summed E-state index contributed by atoms with van der Waals surface area (Å²) < 4.78 is 4.95. The number of carbonyl (C=O) groups is 1. The quantitative estimate of drug-likeness (QED) is 0.688. The van der Waals surface area contributed by atoms with Gasteiger partial charge in [-0.3, -0.25) is 4.79 Å². The van der Waals surface area contributed by atoms with Gasteiger partial charge >= 0.3 is 8.56 Å². The molecule has 0 spiro atoms. The summed E-state index contributed by atoms with van der Waals surface area (Å²) in [7, 11) is -2.70. The van der Waals surface area contributed by atoms with Crippen molar-refractivity contribution in [3.05, 3.63) is 0 Å². The number of carbonyl (C=O) groups excluding carboxylic acids is 1. The summed E-state index contributed by atoms with van der Waals surface area (Å²) in [5, 5.41) is 0. The molecule has 0 aromatic carbocycles. The normalized spacial score (nSPS) is 12.8. The molecule has 4 heteroatoms. The topological polar surface area (TPSA) is 46.5 Å². The third kappa shape index (κ3) is 3.87. The van der Waals surface area contributed by atoms with Crippen molar-refractivity contribution in [1.29, 1.82) is 0 Å². The molecule has 1 N–H and O–H groups in total. The molecule has 0 saturated heterocycles. The molecule has 0 radical (unpaired) electrons. The number of hydrogen-bond acceptors (Lipinski definition) is 3. The lowest BCUT2D eigenvalue weighted by atomic mass is 9.91. The van der Waals surface area contributed by atoms with Gasteiger partial charge in [-0.25, -0.2) is 0 Å². The van der Waals surface area contributed by atoms with E-state index in [1.165, 1.54) is 0 Å². The molecule has 12 heavy (non-hydrogen) atoms. The Morgan fingerprint density at radius 2 is 1.92 bits per heavy atom. The van der Waals surface area contributed by atoms with E-state index >= 15 is 0 Å². The Labute approximate surface area is 75.0 Å². The molecule has 3 nitrogen and oxygen atoms in total. The van der Waals surface area contributed by atoms with Crippen LogP contribution >= 0.6 is 0 Å². The highest BCUT2D eigenvalue weighted by atomic mass is 28.4. The van der Waals surface area contributed by atoms with E-state index in [1.54, 1.807) is 13.1 Å². The Morgan fingerprint density at radius 1 is 1.50 bits per heavy atom. The molecule has 0 atom stereocenters. The Kier molecular flexibility index (Phi) is 3.47. The lowest BCUT2D eigenvalue weighted by molar-refractivity contribution is -0.146. The molecule has 0 heterocycles. The fourth-order valence-corrected chi connectivity index (χ4v) is 1.24. The Balaban J connectivity index is 4.23. The molecule has 0 amide bonds. The van der Waals surface area contributed by atoms with E-state index in [1.807, 2.05) is 20.8 Å². The first kappa shape index (κ1) is 11.6. The molecule has 72 valence electrons. The van der Waals surface area contributed by atoms with Gasteiger partial charge in [-0.15, -0.1) is 0 Å². The standard InChI is InChI=1S/C8H18O3Si/c1-6-8(2,3)7(9)11-12(4,5)10/h10H,6H2,1-5H3. The summed E-state index contributed by atoms with van der Waals surface area (Å²) >= 11 is 0. The first-order chi connectivity index (χ1) is 5.19. The van der Waals surface area contributed by atoms with Gasteiger partial charge in [0.2, 0.25) is 0 Å². The third-order valence-electron chi connectivity index (χ3n) is 1.78. The second kappa shape index (κ2) is 3.58. The van der Waals surface area contributed by atoms with Gasteiger partial charge in [0.15, 0.2) is 0 Å². The molecule has 0 aromatic rings. The van der Waals surface area contributed by atoms with Gasteiger partial charge in [0.05, 0.1) is 5.41 Å². The van der Waals surface area contributed by atoms with Crippen molar-refractivity contribution in [2.45, 2.75) is 40.3 Å². The van der Waals surface area contributed by atoms with E-state index in [0.29, 0.717) is 0 Å². The molecule has 0 aliphatic carbocycles. The maximum absolute atomic E-state index is 11.4. The van der Waals surface area contributed by atoms with Gasteiger partial charge in [-0.2, -0.15) is 0 Å². The first-order valence-electron chi connectivity index (χ1n) is 4.15. The van der Waals surface area contributed by atoms with Gasteiger partial charge in [0, 0.05) is 0 Å². The van der Waals surface area contributed by atoms with Gasteiger partial charge in [-0.1, -0.05) is 6.92 Å². The molecular formula is C8H18O3Si. The second-order valence-corrected chi connectivity index (χ2v) is 7.17. The first-order valence-corrected chi connectivity index (χ1v) is 7.00.